The average Bonchev–Trinajstić information content (AvgIpc) is 2.84. The van der Waals surface area contributed by atoms with Gasteiger partial charge in [-0.25, -0.2) is 0 Å². The Bertz CT molecular complexity index is 507. The van der Waals surface area contributed by atoms with Gasteiger partial charge in [-0.2, -0.15) is 8.42 Å². The zero-order chi connectivity index (χ0) is 13.9. The van der Waals surface area contributed by atoms with Gasteiger partial charge in [0.25, 0.3) is 10.1 Å². The van der Waals surface area contributed by atoms with E-state index in [0.717, 1.165) is 12.0 Å². The van der Waals surface area contributed by atoms with Crippen molar-refractivity contribution in [3.05, 3.63) is 29.8 Å². The summed E-state index contributed by atoms with van der Waals surface area (Å²) in [4.78, 5) is 0.213. The number of benzene rings is 1. The fourth-order valence-electron chi connectivity index (χ4n) is 2.23. The second-order valence-electron chi connectivity index (χ2n) is 5.02. The van der Waals surface area contributed by atoms with E-state index in [1.54, 1.807) is 24.3 Å². The highest BCUT2D eigenvalue weighted by Gasteiger charge is 2.29. The van der Waals surface area contributed by atoms with Crippen LogP contribution in [-0.2, 0) is 19.0 Å². The summed E-state index contributed by atoms with van der Waals surface area (Å²) in [5.41, 5.74) is 1.02. The summed E-state index contributed by atoms with van der Waals surface area (Å²) in [6.07, 6.45) is 0.985. The molecule has 4 nitrogen and oxygen atoms in total. The minimum Gasteiger partial charge on any atom is -0.381 e. The van der Waals surface area contributed by atoms with Crippen molar-refractivity contribution in [2.45, 2.75) is 25.2 Å². The summed E-state index contributed by atoms with van der Waals surface area (Å²) in [6, 6.07) is 6.69. The second-order valence-corrected chi connectivity index (χ2v) is 6.63. The van der Waals surface area contributed by atoms with E-state index >= 15 is 0 Å². The predicted molar refractivity (Wildman–Crippen MR) is 72.4 cm³/mol. The molecule has 0 radical (unpaired) electrons. The molecule has 1 saturated heterocycles. The van der Waals surface area contributed by atoms with Gasteiger partial charge in [0.2, 0.25) is 0 Å². The molecule has 1 aliphatic heterocycles. The van der Waals surface area contributed by atoms with E-state index in [0.29, 0.717) is 19.1 Å². The fraction of sp³-hybridized carbons (Fsp3) is 0.571. The first-order valence-electron chi connectivity index (χ1n) is 6.56. The van der Waals surface area contributed by atoms with Crippen LogP contribution >= 0.6 is 0 Å². The van der Waals surface area contributed by atoms with E-state index in [9.17, 15) is 8.42 Å². The maximum atomic E-state index is 12.0. The maximum absolute atomic E-state index is 12.0. The van der Waals surface area contributed by atoms with Crippen LogP contribution in [0.1, 0.15) is 18.9 Å². The maximum Gasteiger partial charge on any atom is 0.296 e. The Labute approximate surface area is 114 Å². The second kappa shape index (κ2) is 6.03. The van der Waals surface area contributed by atoms with Crippen LogP contribution < -0.4 is 0 Å². The molecule has 0 aromatic heterocycles. The lowest BCUT2D eigenvalue weighted by Crippen LogP contribution is -2.20. The lowest BCUT2D eigenvalue weighted by molar-refractivity contribution is 0.168. The predicted octanol–water partition coefficient (Wildman–Crippen LogP) is 2.37. The quantitative estimate of drug-likeness (QED) is 0.779. The molecule has 1 aromatic rings. The van der Waals surface area contributed by atoms with Crippen LogP contribution in [0.3, 0.4) is 0 Å². The third kappa shape index (κ3) is 3.55. The summed E-state index contributed by atoms with van der Waals surface area (Å²) in [7, 11) is -3.65. The smallest absolute Gasteiger partial charge is 0.296 e. The van der Waals surface area contributed by atoms with Gasteiger partial charge in [0.05, 0.1) is 18.1 Å². The van der Waals surface area contributed by atoms with Crippen molar-refractivity contribution in [3.63, 3.8) is 0 Å². The Kier molecular flexibility index (Phi) is 4.60. The standard InChI is InChI=1S/C14H20O4S/c1-3-12-8-17-9-13(12)10-18-19(15,16)14-6-4-11(2)5-7-14/h4-7,12-13H,3,8-10H2,1-2H3. The van der Waals surface area contributed by atoms with Gasteiger partial charge in [-0.1, -0.05) is 31.0 Å². The first kappa shape index (κ1) is 14.5. The average molecular weight is 284 g/mol. The Morgan fingerprint density at radius 1 is 1.21 bits per heavy atom. The van der Waals surface area contributed by atoms with Crippen LogP contribution in [0.25, 0.3) is 0 Å². The first-order valence-corrected chi connectivity index (χ1v) is 7.97. The number of ether oxygens (including phenoxy) is 1. The van der Waals surface area contributed by atoms with Crippen LogP contribution in [-0.4, -0.2) is 28.2 Å². The lowest BCUT2D eigenvalue weighted by Gasteiger charge is -2.15. The van der Waals surface area contributed by atoms with Gasteiger partial charge in [-0.15, -0.1) is 0 Å². The topological polar surface area (TPSA) is 52.6 Å². The molecule has 2 unspecified atom stereocenters. The van der Waals surface area contributed by atoms with Crippen molar-refractivity contribution >= 4 is 10.1 Å². The molecule has 1 aliphatic rings. The van der Waals surface area contributed by atoms with Gasteiger partial charge in [-0.05, 0) is 25.0 Å². The van der Waals surface area contributed by atoms with E-state index < -0.39 is 10.1 Å². The molecular weight excluding hydrogens is 264 g/mol. The van der Waals surface area contributed by atoms with Crippen molar-refractivity contribution in [1.29, 1.82) is 0 Å². The van der Waals surface area contributed by atoms with Crippen molar-refractivity contribution < 1.29 is 17.3 Å². The normalized spacial score (nSPS) is 23.7. The summed E-state index contributed by atoms with van der Waals surface area (Å²) in [5.74, 6) is 0.568. The van der Waals surface area contributed by atoms with Crippen molar-refractivity contribution in [2.75, 3.05) is 19.8 Å². The molecule has 0 aliphatic carbocycles. The van der Waals surface area contributed by atoms with Crippen molar-refractivity contribution in [2.24, 2.45) is 11.8 Å². The van der Waals surface area contributed by atoms with Crippen LogP contribution in [0.5, 0.6) is 0 Å². The van der Waals surface area contributed by atoms with Crippen molar-refractivity contribution in [3.8, 4) is 0 Å². The van der Waals surface area contributed by atoms with Gasteiger partial charge in [0.1, 0.15) is 0 Å². The molecule has 0 bridgehead atoms. The summed E-state index contributed by atoms with van der Waals surface area (Å²) < 4.78 is 34.6. The van der Waals surface area contributed by atoms with Gasteiger partial charge in [0.15, 0.2) is 0 Å². The zero-order valence-corrected chi connectivity index (χ0v) is 12.2. The van der Waals surface area contributed by atoms with Crippen LogP contribution in [0.15, 0.2) is 29.2 Å². The summed E-state index contributed by atoms with van der Waals surface area (Å²) in [6.45, 7) is 5.49. The van der Waals surface area contributed by atoms with E-state index in [2.05, 4.69) is 6.92 Å². The Morgan fingerprint density at radius 2 is 1.84 bits per heavy atom. The third-order valence-corrected chi connectivity index (χ3v) is 4.90. The Hall–Kier alpha value is -0.910. The monoisotopic (exact) mass is 284 g/mol. The van der Waals surface area contributed by atoms with Crippen LogP contribution in [0.4, 0.5) is 0 Å². The van der Waals surface area contributed by atoms with Crippen molar-refractivity contribution in [1.82, 2.24) is 0 Å². The van der Waals surface area contributed by atoms with Gasteiger partial charge < -0.3 is 4.74 Å². The number of hydrogen-bond acceptors (Lipinski definition) is 4. The van der Waals surface area contributed by atoms with E-state index in [1.165, 1.54) is 0 Å². The molecule has 0 spiro atoms. The Morgan fingerprint density at radius 3 is 2.47 bits per heavy atom. The summed E-state index contributed by atoms with van der Waals surface area (Å²) >= 11 is 0. The van der Waals surface area contributed by atoms with Gasteiger partial charge in [0, 0.05) is 12.5 Å². The van der Waals surface area contributed by atoms with E-state index in [-0.39, 0.29) is 17.4 Å². The summed E-state index contributed by atoms with van der Waals surface area (Å²) in [5, 5.41) is 0. The lowest BCUT2D eigenvalue weighted by atomic mass is 9.95. The minimum atomic E-state index is -3.65. The van der Waals surface area contributed by atoms with Crippen LogP contribution in [0, 0.1) is 18.8 Å². The molecule has 1 heterocycles. The fourth-order valence-corrected chi connectivity index (χ4v) is 3.19. The molecule has 1 aromatic carbocycles. The molecular formula is C14H20O4S. The highest BCUT2D eigenvalue weighted by atomic mass is 32.2. The van der Waals surface area contributed by atoms with E-state index in [1.807, 2.05) is 6.92 Å². The third-order valence-electron chi connectivity index (χ3n) is 3.60. The molecule has 106 valence electrons. The van der Waals surface area contributed by atoms with Gasteiger partial charge >= 0.3 is 0 Å². The molecule has 5 heteroatoms. The number of rotatable bonds is 5. The minimum absolute atomic E-state index is 0.172. The molecule has 0 amide bonds. The molecule has 2 rings (SSSR count). The SMILES string of the molecule is CCC1COCC1COS(=O)(=O)c1ccc(C)cc1. The van der Waals surface area contributed by atoms with Crippen LogP contribution in [0.2, 0.25) is 0 Å². The molecule has 19 heavy (non-hydrogen) atoms. The largest absolute Gasteiger partial charge is 0.381 e. The highest BCUT2D eigenvalue weighted by molar-refractivity contribution is 7.86. The molecule has 0 saturated carbocycles. The molecule has 0 N–H and O–H groups in total. The number of hydrogen-bond donors (Lipinski definition) is 0. The number of aryl methyl sites for hydroxylation is 1. The molecule has 1 fully saturated rings. The molecule has 2 atom stereocenters. The first-order chi connectivity index (χ1) is 9.03. The zero-order valence-electron chi connectivity index (χ0n) is 11.3. The van der Waals surface area contributed by atoms with Gasteiger partial charge in [-0.3, -0.25) is 4.18 Å². The highest BCUT2D eigenvalue weighted by Crippen LogP contribution is 2.25. The Balaban J connectivity index is 2.00. The van der Waals surface area contributed by atoms with E-state index in [4.69, 9.17) is 8.92 Å².